The Balaban J connectivity index is 2.27. The van der Waals surface area contributed by atoms with E-state index in [4.69, 9.17) is 4.74 Å². The zero-order valence-corrected chi connectivity index (χ0v) is 10.9. The Hall–Kier alpha value is -1.89. The third-order valence-corrected chi connectivity index (χ3v) is 2.69. The van der Waals surface area contributed by atoms with Crippen LogP contribution in [0, 0.1) is 0 Å². The number of rotatable bonds is 6. The maximum absolute atomic E-state index is 5.05. The minimum Gasteiger partial charge on any atom is -0.385 e. The molecule has 0 spiro atoms. The molecule has 2 N–H and O–H groups in total. The zero-order valence-electron chi connectivity index (χ0n) is 10.9. The first-order chi connectivity index (χ1) is 8.76. The number of fused-ring (bicyclic) bond motifs is 1. The summed E-state index contributed by atoms with van der Waals surface area (Å²) in [5, 5.41) is 2.94. The smallest absolute Gasteiger partial charge is 0.226 e. The first-order valence-corrected chi connectivity index (χ1v) is 5.85. The summed E-state index contributed by atoms with van der Waals surface area (Å²) in [6, 6.07) is 0. The summed E-state index contributed by atoms with van der Waals surface area (Å²) in [4.78, 5) is 18.1. The number of imidazole rings is 1. The molecule has 0 aliphatic carbocycles. The number of hydrogen-bond donors (Lipinski definition) is 2. The number of anilines is 2. The lowest BCUT2D eigenvalue weighted by atomic mass is 10.4. The summed E-state index contributed by atoms with van der Waals surface area (Å²) in [6.45, 7) is 1.60. The van der Waals surface area contributed by atoms with Crippen molar-refractivity contribution in [3.63, 3.8) is 0 Å². The van der Waals surface area contributed by atoms with Gasteiger partial charge in [-0.1, -0.05) is 0 Å². The molecule has 0 radical (unpaired) electrons. The van der Waals surface area contributed by atoms with Crippen LogP contribution in [-0.2, 0) is 4.74 Å². The monoisotopic (exact) mass is 250 g/mol. The van der Waals surface area contributed by atoms with Crippen LogP contribution in [0.2, 0.25) is 0 Å². The van der Waals surface area contributed by atoms with E-state index in [9.17, 15) is 0 Å². The second kappa shape index (κ2) is 5.63. The summed E-state index contributed by atoms with van der Waals surface area (Å²) in [7, 11) is 5.50. The van der Waals surface area contributed by atoms with Crippen LogP contribution in [0.1, 0.15) is 6.42 Å². The lowest BCUT2D eigenvalue weighted by Crippen LogP contribution is -2.21. The van der Waals surface area contributed by atoms with Crippen LogP contribution >= 0.6 is 0 Å². The van der Waals surface area contributed by atoms with Gasteiger partial charge in [0.2, 0.25) is 5.95 Å². The molecule has 0 saturated carbocycles. The van der Waals surface area contributed by atoms with Gasteiger partial charge in [-0.15, -0.1) is 0 Å². The Morgan fingerprint density at radius 3 is 3.00 bits per heavy atom. The Morgan fingerprint density at radius 2 is 2.28 bits per heavy atom. The van der Waals surface area contributed by atoms with Crippen LogP contribution in [0.4, 0.5) is 11.8 Å². The predicted molar refractivity (Wildman–Crippen MR) is 71.0 cm³/mol. The van der Waals surface area contributed by atoms with Crippen LogP contribution in [0.5, 0.6) is 0 Å². The molecule has 2 rings (SSSR count). The summed E-state index contributed by atoms with van der Waals surface area (Å²) >= 11 is 0. The maximum Gasteiger partial charge on any atom is 0.226 e. The molecule has 0 aliphatic heterocycles. The molecule has 0 atom stereocenters. The molecule has 0 unspecified atom stereocenters. The Bertz CT molecular complexity index is 511. The molecule has 2 aromatic heterocycles. The molecule has 98 valence electrons. The van der Waals surface area contributed by atoms with E-state index in [-0.39, 0.29) is 0 Å². The van der Waals surface area contributed by atoms with Gasteiger partial charge in [0.1, 0.15) is 5.52 Å². The number of aromatic nitrogens is 4. The van der Waals surface area contributed by atoms with Gasteiger partial charge in [0.25, 0.3) is 0 Å². The number of methoxy groups -OCH3 is 1. The molecule has 0 fully saturated rings. The number of nitrogens with zero attached hydrogens (tertiary/aromatic N) is 4. The molecule has 0 amide bonds. The molecule has 0 bridgehead atoms. The van der Waals surface area contributed by atoms with Crippen molar-refractivity contribution in [3.05, 3.63) is 6.33 Å². The number of aromatic amines is 1. The number of nitrogens with one attached hydrogen (secondary N) is 2. The average molecular weight is 250 g/mol. The molecule has 0 aliphatic rings. The van der Waals surface area contributed by atoms with Crippen LogP contribution < -0.4 is 10.2 Å². The van der Waals surface area contributed by atoms with Crippen molar-refractivity contribution in [1.29, 1.82) is 0 Å². The van der Waals surface area contributed by atoms with E-state index < -0.39 is 0 Å². The van der Waals surface area contributed by atoms with E-state index in [0.29, 0.717) is 11.6 Å². The lowest BCUT2D eigenvalue weighted by Gasteiger charge is -2.18. The molecular weight excluding hydrogens is 232 g/mol. The molecule has 2 aromatic rings. The van der Waals surface area contributed by atoms with Gasteiger partial charge < -0.3 is 19.9 Å². The van der Waals surface area contributed by atoms with Crippen molar-refractivity contribution in [3.8, 4) is 0 Å². The number of ether oxygens (including phenoxy) is 1. The van der Waals surface area contributed by atoms with Crippen molar-refractivity contribution in [2.45, 2.75) is 6.42 Å². The van der Waals surface area contributed by atoms with Gasteiger partial charge in [0, 0.05) is 34.4 Å². The van der Waals surface area contributed by atoms with Crippen molar-refractivity contribution in [2.75, 3.05) is 44.6 Å². The van der Waals surface area contributed by atoms with Crippen molar-refractivity contribution < 1.29 is 4.74 Å². The third-order valence-electron chi connectivity index (χ3n) is 2.69. The summed E-state index contributed by atoms with van der Waals surface area (Å²) in [5.74, 6) is 1.42. The van der Waals surface area contributed by atoms with Gasteiger partial charge in [-0.3, -0.25) is 0 Å². The zero-order chi connectivity index (χ0) is 13.0. The Kier molecular flexibility index (Phi) is 3.93. The van der Waals surface area contributed by atoms with Gasteiger partial charge in [0.05, 0.1) is 6.33 Å². The maximum atomic E-state index is 5.05. The number of hydrogen-bond acceptors (Lipinski definition) is 6. The Labute approximate surface area is 106 Å². The standard InChI is InChI=1S/C11H18N6O/c1-12-11-15-9-8(13-7-14-9)10(16-11)17(2)5-4-6-18-3/h7H,4-6H2,1-3H3,(H2,12,13,14,15,16). The molecule has 2 heterocycles. The summed E-state index contributed by atoms with van der Waals surface area (Å²) in [6.07, 6.45) is 2.58. The highest BCUT2D eigenvalue weighted by Crippen LogP contribution is 2.21. The van der Waals surface area contributed by atoms with Gasteiger partial charge in [-0.25, -0.2) is 4.98 Å². The van der Waals surface area contributed by atoms with E-state index in [0.717, 1.165) is 30.9 Å². The fraction of sp³-hybridized carbons (Fsp3) is 0.545. The number of H-pyrrole nitrogens is 1. The normalized spacial score (nSPS) is 10.8. The Morgan fingerprint density at radius 1 is 1.44 bits per heavy atom. The van der Waals surface area contributed by atoms with Crippen LogP contribution in [0.25, 0.3) is 11.2 Å². The van der Waals surface area contributed by atoms with Gasteiger partial charge >= 0.3 is 0 Å². The molecule has 0 aromatic carbocycles. The van der Waals surface area contributed by atoms with E-state index in [1.807, 2.05) is 7.05 Å². The third kappa shape index (κ3) is 2.51. The van der Waals surface area contributed by atoms with Crippen LogP contribution in [0.15, 0.2) is 6.33 Å². The predicted octanol–water partition coefficient (Wildman–Crippen LogP) is 0.867. The molecule has 7 heteroatoms. The quantitative estimate of drug-likeness (QED) is 0.740. The van der Waals surface area contributed by atoms with Crippen molar-refractivity contribution in [2.24, 2.45) is 0 Å². The van der Waals surface area contributed by atoms with Crippen LogP contribution in [-0.4, -0.2) is 54.3 Å². The highest BCUT2D eigenvalue weighted by Gasteiger charge is 2.12. The van der Waals surface area contributed by atoms with Gasteiger partial charge in [0.15, 0.2) is 11.5 Å². The SMILES string of the molecule is CNc1nc(N(C)CCCOC)c2[nH]cnc2n1. The minimum absolute atomic E-state index is 0.572. The van der Waals surface area contributed by atoms with Crippen molar-refractivity contribution >= 4 is 22.9 Å². The topological polar surface area (TPSA) is 79.0 Å². The molecular formula is C11H18N6O. The van der Waals surface area contributed by atoms with Crippen LogP contribution in [0.3, 0.4) is 0 Å². The first-order valence-electron chi connectivity index (χ1n) is 5.85. The second-order valence-corrected chi connectivity index (χ2v) is 3.99. The van der Waals surface area contributed by atoms with Crippen molar-refractivity contribution in [1.82, 2.24) is 19.9 Å². The van der Waals surface area contributed by atoms with Gasteiger partial charge in [-0.2, -0.15) is 9.97 Å². The lowest BCUT2D eigenvalue weighted by molar-refractivity contribution is 0.196. The molecule has 0 saturated heterocycles. The fourth-order valence-electron chi connectivity index (χ4n) is 1.76. The second-order valence-electron chi connectivity index (χ2n) is 3.99. The summed E-state index contributed by atoms with van der Waals surface area (Å²) in [5.41, 5.74) is 1.52. The van der Waals surface area contributed by atoms with E-state index in [2.05, 4.69) is 30.2 Å². The minimum atomic E-state index is 0.572. The fourth-order valence-corrected chi connectivity index (χ4v) is 1.76. The summed E-state index contributed by atoms with van der Waals surface area (Å²) < 4.78 is 5.05. The molecule has 7 nitrogen and oxygen atoms in total. The average Bonchev–Trinajstić information content (AvgIpc) is 2.85. The van der Waals surface area contributed by atoms with E-state index in [1.165, 1.54) is 0 Å². The van der Waals surface area contributed by atoms with E-state index in [1.54, 1.807) is 20.5 Å². The molecule has 18 heavy (non-hydrogen) atoms. The highest BCUT2D eigenvalue weighted by atomic mass is 16.5. The largest absolute Gasteiger partial charge is 0.385 e. The highest BCUT2D eigenvalue weighted by molar-refractivity contribution is 5.84. The van der Waals surface area contributed by atoms with E-state index >= 15 is 0 Å². The van der Waals surface area contributed by atoms with Gasteiger partial charge in [-0.05, 0) is 6.42 Å². The first kappa shape index (κ1) is 12.6.